The van der Waals surface area contributed by atoms with E-state index in [9.17, 15) is 5.11 Å². The molecule has 4 nitrogen and oxygen atoms in total. The topological polar surface area (TPSA) is 50.9 Å². The molecule has 7 aromatic rings. The lowest BCUT2D eigenvalue weighted by Crippen LogP contribution is -2.02. The van der Waals surface area contributed by atoms with Gasteiger partial charge in [-0.15, -0.1) is 0 Å². The minimum atomic E-state index is 0.218. The van der Waals surface area contributed by atoms with Crippen molar-refractivity contribution in [2.45, 2.75) is 39.5 Å². The number of phenolic OH excluding ortho intramolecular Hbond substituents is 1. The van der Waals surface area contributed by atoms with E-state index in [4.69, 9.17) is 9.97 Å². The summed E-state index contributed by atoms with van der Waals surface area (Å²) in [7, 11) is 0. The molecule has 0 radical (unpaired) electrons. The zero-order valence-corrected chi connectivity index (χ0v) is 25.5. The molecule has 0 atom stereocenters. The van der Waals surface area contributed by atoms with E-state index in [1.54, 1.807) is 6.07 Å². The maximum Gasteiger partial charge on any atom is 0.145 e. The molecule has 3 aromatic heterocycles. The first kappa shape index (κ1) is 27.6. The molecule has 1 N–H and O–H groups in total. The highest BCUT2D eigenvalue weighted by Crippen LogP contribution is 2.40. The summed E-state index contributed by atoms with van der Waals surface area (Å²) in [5, 5.41) is 12.9. The molecule has 0 aliphatic carbocycles. The van der Waals surface area contributed by atoms with Gasteiger partial charge in [-0.1, -0.05) is 82.3 Å². The lowest BCUT2D eigenvalue weighted by Gasteiger charge is -2.22. The third-order valence-corrected chi connectivity index (χ3v) is 8.50. The molecule has 0 spiro atoms. The first-order chi connectivity index (χ1) is 21.4. The summed E-state index contributed by atoms with van der Waals surface area (Å²) in [6.45, 7) is 9.06. The second-order valence-electron chi connectivity index (χ2n) is 12.0. The van der Waals surface area contributed by atoms with Crippen molar-refractivity contribution in [3.8, 4) is 45.1 Å². The van der Waals surface area contributed by atoms with Gasteiger partial charge in [0.2, 0.25) is 0 Å². The SMILES string of the molecule is CC(C)c1cccc(C(C)C)c1-c1cc(-c2cccc(-c3ccccc3O)n2)cc(-n2c3ccccc3c3cccnc32)c1. The molecule has 0 unspecified atom stereocenters. The van der Waals surface area contributed by atoms with Gasteiger partial charge in [0, 0.05) is 33.8 Å². The van der Waals surface area contributed by atoms with Crippen molar-refractivity contribution in [1.82, 2.24) is 14.5 Å². The Balaban J connectivity index is 1.55. The fraction of sp³-hybridized carbons (Fsp3) is 0.150. The van der Waals surface area contributed by atoms with Crippen LogP contribution in [0.3, 0.4) is 0 Å². The Labute approximate surface area is 258 Å². The van der Waals surface area contributed by atoms with Crippen LogP contribution in [0.4, 0.5) is 0 Å². The number of para-hydroxylation sites is 2. The summed E-state index contributed by atoms with van der Waals surface area (Å²) in [6.07, 6.45) is 1.87. The van der Waals surface area contributed by atoms with Crippen LogP contribution in [-0.4, -0.2) is 19.6 Å². The second-order valence-corrected chi connectivity index (χ2v) is 12.0. The molecular formula is C40H35N3O. The van der Waals surface area contributed by atoms with E-state index in [1.807, 2.05) is 48.7 Å². The van der Waals surface area contributed by atoms with Gasteiger partial charge in [0.05, 0.1) is 16.9 Å². The van der Waals surface area contributed by atoms with Crippen molar-refractivity contribution in [1.29, 1.82) is 0 Å². The quantitative estimate of drug-likeness (QED) is 0.215. The van der Waals surface area contributed by atoms with Crippen LogP contribution in [0, 0.1) is 0 Å². The van der Waals surface area contributed by atoms with E-state index in [1.165, 1.54) is 22.1 Å². The summed E-state index contributed by atoms with van der Waals surface area (Å²) in [6, 6.07) is 39.5. The molecule has 3 heterocycles. The molecule has 0 bridgehead atoms. The van der Waals surface area contributed by atoms with Crippen molar-refractivity contribution in [3.63, 3.8) is 0 Å². The molecule has 0 aliphatic heterocycles. The molecule has 0 amide bonds. The van der Waals surface area contributed by atoms with E-state index in [0.29, 0.717) is 17.4 Å². The van der Waals surface area contributed by atoms with Gasteiger partial charge in [-0.25, -0.2) is 9.97 Å². The first-order valence-corrected chi connectivity index (χ1v) is 15.3. The van der Waals surface area contributed by atoms with Gasteiger partial charge in [-0.2, -0.15) is 0 Å². The predicted octanol–water partition coefficient (Wildman–Crippen LogP) is 10.5. The third kappa shape index (κ3) is 4.73. The minimum Gasteiger partial charge on any atom is -0.507 e. The summed E-state index contributed by atoms with van der Waals surface area (Å²) >= 11 is 0. The monoisotopic (exact) mass is 573 g/mol. The normalized spacial score (nSPS) is 11.7. The summed E-state index contributed by atoms with van der Waals surface area (Å²) in [5.74, 6) is 0.928. The Morgan fingerprint density at radius 1 is 0.614 bits per heavy atom. The average Bonchev–Trinajstić information content (AvgIpc) is 3.39. The second kappa shape index (κ2) is 11.1. The Morgan fingerprint density at radius 2 is 1.27 bits per heavy atom. The largest absolute Gasteiger partial charge is 0.507 e. The molecule has 216 valence electrons. The Hall–Kier alpha value is -5.22. The molecule has 4 aromatic carbocycles. The van der Waals surface area contributed by atoms with Crippen molar-refractivity contribution >= 4 is 21.9 Å². The van der Waals surface area contributed by atoms with Gasteiger partial charge < -0.3 is 5.11 Å². The molecule has 0 fully saturated rings. The standard InChI is InChI=1S/C40H35N3O/c1-25(2)30-14-9-15-31(26(3)4)39(30)28-22-27(35-17-10-18-36(42-35)34-13-6-8-20-38(34)44)23-29(24-28)43-37-19-7-5-12-32(37)33-16-11-21-41-40(33)43/h5-26,44H,1-4H3. The highest BCUT2D eigenvalue weighted by atomic mass is 16.3. The van der Waals surface area contributed by atoms with Crippen LogP contribution in [0.1, 0.15) is 50.7 Å². The molecule has 0 saturated heterocycles. The van der Waals surface area contributed by atoms with Crippen molar-refractivity contribution < 1.29 is 5.11 Å². The lowest BCUT2D eigenvalue weighted by atomic mass is 9.84. The summed E-state index contributed by atoms with van der Waals surface area (Å²) < 4.78 is 2.28. The van der Waals surface area contributed by atoms with Crippen molar-refractivity contribution in [2.75, 3.05) is 0 Å². The van der Waals surface area contributed by atoms with Crippen LogP contribution in [0.25, 0.3) is 61.3 Å². The molecule has 4 heteroatoms. The predicted molar refractivity (Wildman–Crippen MR) is 183 cm³/mol. The van der Waals surface area contributed by atoms with Crippen LogP contribution >= 0.6 is 0 Å². The lowest BCUT2D eigenvalue weighted by molar-refractivity contribution is 0.477. The maximum atomic E-state index is 10.6. The van der Waals surface area contributed by atoms with Gasteiger partial charge in [0.25, 0.3) is 0 Å². The maximum absolute atomic E-state index is 10.6. The number of hydrogen-bond acceptors (Lipinski definition) is 3. The molecule has 7 rings (SSSR count). The number of benzene rings is 4. The van der Waals surface area contributed by atoms with Crippen molar-refractivity contribution in [2.24, 2.45) is 0 Å². The van der Waals surface area contributed by atoms with Gasteiger partial charge in [-0.05, 0) is 94.8 Å². The van der Waals surface area contributed by atoms with Crippen LogP contribution in [0.5, 0.6) is 5.75 Å². The Bertz CT molecular complexity index is 2080. The number of rotatable bonds is 6. The van der Waals surface area contributed by atoms with Crippen LogP contribution in [0.15, 0.2) is 121 Å². The number of aromatic nitrogens is 3. The van der Waals surface area contributed by atoms with Gasteiger partial charge >= 0.3 is 0 Å². The zero-order valence-electron chi connectivity index (χ0n) is 25.5. The van der Waals surface area contributed by atoms with Crippen LogP contribution in [-0.2, 0) is 0 Å². The van der Waals surface area contributed by atoms with E-state index >= 15 is 0 Å². The summed E-state index contributed by atoms with van der Waals surface area (Å²) in [5.41, 5.74) is 11.5. The highest BCUT2D eigenvalue weighted by Gasteiger charge is 2.20. The number of pyridine rings is 2. The fourth-order valence-electron chi connectivity index (χ4n) is 6.41. The number of nitrogens with zero attached hydrogens (tertiary/aromatic N) is 3. The van der Waals surface area contributed by atoms with E-state index < -0.39 is 0 Å². The van der Waals surface area contributed by atoms with Gasteiger partial charge in [0.1, 0.15) is 11.4 Å². The zero-order chi connectivity index (χ0) is 30.4. The van der Waals surface area contributed by atoms with Crippen LogP contribution in [0.2, 0.25) is 0 Å². The highest BCUT2D eigenvalue weighted by molar-refractivity contribution is 6.08. The molecular weight excluding hydrogens is 538 g/mol. The molecule has 0 saturated carbocycles. The first-order valence-electron chi connectivity index (χ1n) is 15.3. The van der Waals surface area contributed by atoms with E-state index in [0.717, 1.165) is 44.8 Å². The third-order valence-electron chi connectivity index (χ3n) is 8.50. The van der Waals surface area contributed by atoms with E-state index in [2.05, 4.69) is 99.0 Å². The number of hydrogen-bond donors (Lipinski definition) is 1. The molecule has 0 aliphatic rings. The smallest absolute Gasteiger partial charge is 0.145 e. The van der Waals surface area contributed by atoms with E-state index in [-0.39, 0.29) is 5.75 Å². The Morgan fingerprint density at radius 3 is 2.05 bits per heavy atom. The molecule has 44 heavy (non-hydrogen) atoms. The fourth-order valence-corrected chi connectivity index (χ4v) is 6.41. The average molecular weight is 574 g/mol. The van der Waals surface area contributed by atoms with Crippen molar-refractivity contribution in [3.05, 3.63) is 133 Å². The summed E-state index contributed by atoms with van der Waals surface area (Å²) in [4.78, 5) is 9.96. The van der Waals surface area contributed by atoms with Gasteiger partial charge in [-0.3, -0.25) is 4.57 Å². The number of phenols is 1. The Kier molecular flexibility index (Phi) is 6.98. The van der Waals surface area contributed by atoms with Gasteiger partial charge in [0.15, 0.2) is 0 Å². The minimum absolute atomic E-state index is 0.218. The van der Waals surface area contributed by atoms with Crippen LogP contribution < -0.4 is 0 Å². The number of aromatic hydroxyl groups is 1. The number of fused-ring (bicyclic) bond motifs is 3.